The molecule has 2 aromatic rings. The number of hydrazine groups is 1. The lowest BCUT2D eigenvalue weighted by atomic mass is 10.0. The highest BCUT2D eigenvalue weighted by Gasteiger charge is 2.30. The molecule has 2 aliphatic rings. The number of fused-ring (bicyclic) bond motifs is 1. The van der Waals surface area contributed by atoms with Gasteiger partial charge in [-0.2, -0.15) is 0 Å². The molecule has 0 spiro atoms. The van der Waals surface area contributed by atoms with E-state index < -0.39 is 10.0 Å². The molecule has 4 rings (SSSR count). The quantitative estimate of drug-likeness (QED) is 0.714. The van der Waals surface area contributed by atoms with Crippen LogP contribution in [0.1, 0.15) is 35.6 Å². The predicted molar refractivity (Wildman–Crippen MR) is 114 cm³/mol. The zero-order chi connectivity index (χ0) is 20.6. The van der Waals surface area contributed by atoms with E-state index in [-0.39, 0.29) is 18.0 Å². The molecule has 0 bridgehead atoms. The van der Waals surface area contributed by atoms with Crippen molar-refractivity contribution >= 4 is 27.3 Å². The van der Waals surface area contributed by atoms with Crippen LogP contribution < -0.4 is 20.5 Å². The van der Waals surface area contributed by atoms with Gasteiger partial charge in [-0.1, -0.05) is 35.9 Å². The van der Waals surface area contributed by atoms with E-state index in [0.717, 1.165) is 24.0 Å². The minimum absolute atomic E-state index is 0.0654. The predicted octanol–water partition coefficient (Wildman–Crippen LogP) is 2.25. The first-order valence-electron chi connectivity index (χ1n) is 9.80. The zero-order valence-corrected chi connectivity index (χ0v) is 17.4. The molecule has 29 heavy (non-hydrogen) atoms. The van der Waals surface area contributed by atoms with Crippen molar-refractivity contribution in [2.75, 3.05) is 22.4 Å². The smallest absolute Gasteiger partial charge is 0.242 e. The molecular formula is C21H26N4O3S. The Kier molecular flexibility index (Phi) is 5.33. The fourth-order valence-corrected chi connectivity index (χ4v) is 4.93. The van der Waals surface area contributed by atoms with Gasteiger partial charge in [-0.25, -0.2) is 19.3 Å². The van der Waals surface area contributed by atoms with Gasteiger partial charge in [-0.05, 0) is 49.4 Å². The summed E-state index contributed by atoms with van der Waals surface area (Å²) in [5.74, 6) is -0.145. The first kappa shape index (κ1) is 19.9. The molecule has 0 radical (unpaired) electrons. The van der Waals surface area contributed by atoms with E-state index in [1.165, 1.54) is 16.1 Å². The molecule has 2 aromatic carbocycles. The molecule has 7 nitrogen and oxygen atoms in total. The standard InChI is InChI=1S/C21H26N4O3S/c1-14-5-7-15(8-6-14)18-13-19(24-23-18)21(26)22-17-10-9-16-4-3-11-25(20(16)12-17)29(2,27)28/h5-10,12,18-19,23-24H,3-4,11,13H2,1-2H3,(H,22,26). The summed E-state index contributed by atoms with van der Waals surface area (Å²) in [6, 6.07) is 13.4. The summed E-state index contributed by atoms with van der Waals surface area (Å²) in [4.78, 5) is 12.7. The molecule has 1 saturated heterocycles. The SMILES string of the molecule is Cc1ccc(C2CC(C(=O)Nc3ccc4c(c3)N(S(C)(=O)=O)CCC4)NN2)cc1. The van der Waals surface area contributed by atoms with Crippen LogP contribution in [0, 0.1) is 6.92 Å². The van der Waals surface area contributed by atoms with Crippen molar-refractivity contribution in [2.24, 2.45) is 0 Å². The van der Waals surface area contributed by atoms with Crippen molar-refractivity contribution in [1.29, 1.82) is 0 Å². The van der Waals surface area contributed by atoms with E-state index in [1.54, 1.807) is 6.07 Å². The Hall–Kier alpha value is -2.42. The van der Waals surface area contributed by atoms with Crippen molar-refractivity contribution in [2.45, 2.75) is 38.3 Å². The fraction of sp³-hybridized carbons (Fsp3) is 0.381. The molecule has 2 atom stereocenters. The van der Waals surface area contributed by atoms with Crippen LogP contribution in [0.4, 0.5) is 11.4 Å². The van der Waals surface area contributed by atoms with Gasteiger partial charge in [-0.3, -0.25) is 9.10 Å². The molecule has 1 amide bonds. The second-order valence-corrected chi connectivity index (χ2v) is 9.72. The molecule has 0 aromatic heterocycles. The summed E-state index contributed by atoms with van der Waals surface area (Å²) in [5.41, 5.74) is 10.8. The van der Waals surface area contributed by atoms with Crippen LogP contribution in [0.15, 0.2) is 42.5 Å². The molecule has 3 N–H and O–H groups in total. The average molecular weight is 415 g/mol. The van der Waals surface area contributed by atoms with Gasteiger partial charge in [0, 0.05) is 18.3 Å². The summed E-state index contributed by atoms with van der Waals surface area (Å²) in [5, 5.41) is 2.92. The second kappa shape index (κ2) is 7.78. The summed E-state index contributed by atoms with van der Waals surface area (Å²) >= 11 is 0. The maximum atomic E-state index is 12.7. The first-order chi connectivity index (χ1) is 13.8. The van der Waals surface area contributed by atoms with Crippen molar-refractivity contribution < 1.29 is 13.2 Å². The minimum Gasteiger partial charge on any atom is -0.325 e. The van der Waals surface area contributed by atoms with E-state index in [2.05, 4.69) is 40.4 Å². The Morgan fingerprint density at radius 1 is 1.14 bits per heavy atom. The Morgan fingerprint density at radius 2 is 1.90 bits per heavy atom. The van der Waals surface area contributed by atoms with Gasteiger partial charge in [0.15, 0.2) is 0 Å². The third-order valence-electron chi connectivity index (χ3n) is 5.53. The van der Waals surface area contributed by atoms with Gasteiger partial charge in [0.1, 0.15) is 6.04 Å². The monoisotopic (exact) mass is 414 g/mol. The number of sulfonamides is 1. The van der Waals surface area contributed by atoms with E-state index in [9.17, 15) is 13.2 Å². The van der Waals surface area contributed by atoms with Crippen molar-refractivity contribution in [3.05, 3.63) is 59.2 Å². The van der Waals surface area contributed by atoms with Crippen LogP contribution in [0.5, 0.6) is 0 Å². The van der Waals surface area contributed by atoms with Crippen molar-refractivity contribution in [3.63, 3.8) is 0 Å². The van der Waals surface area contributed by atoms with Crippen LogP contribution >= 0.6 is 0 Å². The van der Waals surface area contributed by atoms with Gasteiger partial charge >= 0.3 is 0 Å². The number of hydrogen-bond donors (Lipinski definition) is 3. The highest BCUT2D eigenvalue weighted by atomic mass is 32.2. The number of carbonyl (C=O) groups excluding carboxylic acids is 1. The number of carbonyl (C=O) groups is 1. The third-order valence-corrected chi connectivity index (χ3v) is 6.71. The molecular weight excluding hydrogens is 388 g/mol. The number of rotatable bonds is 4. The third kappa shape index (κ3) is 4.29. The number of anilines is 2. The summed E-state index contributed by atoms with van der Waals surface area (Å²) < 4.78 is 25.6. The second-order valence-electron chi connectivity index (χ2n) is 7.81. The number of amides is 1. The largest absolute Gasteiger partial charge is 0.325 e. The van der Waals surface area contributed by atoms with Crippen LogP contribution in [-0.4, -0.2) is 33.2 Å². The number of benzene rings is 2. The van der Waals surface area contributed by atoms with Gasteiger partial charge in [0.05, 0.1) is 11.9 Å². The molecule has 0 aliphatic carbocycles. The van der Waals surface area contributed by atoms with Gasteiger partial charge in [0.2, 0.25) is 15.9 Å². The lowest BCUT2D eigenvalue weighted by Gasteiger charge is -2.29. The normalized spacial score (nSPS) is 21.7. The molecule has 2 aliphatic heterocycles. The van der Waals surface area contributed by atoms with E-state index in [1.807, 2.05) is 19.1 Å². The van der Waals surface area contributed by atoms with Gasteiger partial charge < -0.3 is 5.32 Å². The first-order valence-corrected chi connectivity index (χ1v) is 11.7. The van der Waals surface area contributed by atoms with Gasteiger partial charge in [-0.15, -0.1) is 0 Å². The van der Waals surface area contributed by atoms with Crippen LogP contribution in [0.2, 0.25) is 0 Å². The molecule has 2 heterocycles. The van der Waals surface area contributed by atoms with E-state index >= 15 is 0 Å². The molecule has 0 saturated carbocycles. The number of nitrogens with zero attached hydrogens (tertiary/aromatic N) is 1. The van der Waals surface area contributed by atoms with E-state index in [4.69, 9.17) is 0 Å². The maximum Gasteiger partial charge on any atom is 0.242 e. The molecule has 2 unspecified atom stereocenters. The molecule has 1 fully saturated rings. The van der Waals surface area contributed by atoms with Crippen LogP contribution in [-0.2, 0) is 21.2 Å². The zero-order valence-electron chi connectivity index (χ0n) is 16.6. The van der Waals surface area contributed by atoms with Crippen molar-refractivity contribution in [1.82, 2.24) is 10.9 Å². The van der Waals surface area contributed by atoms with Gasteiger partial charge in [0.25, 0.3) is 0 Å². The number of nitrogens with one attached hydrogen (secondary N) is 3. The highest BCUT2D eigenvalue weighted by Crippen LogP contribution is 2.32. The summed E-state index contributed by atoms with van der Waals surface area (Å²) in [6.07, 6.45) is 3.48. The maximum absolute atomic E-state index is 12.7. The lowest BCUT2D eigenvalue weighted by molar-refractivity contribution is -0.117. The number of hydrogen-bond acceptors (Lipinski definition) is 5. The molecule has 8 heteroatoms. The minimum atomic E-state index is -3.34. The fourth-order valence-electron chi connectivity index (χ4n) is 3.94. The molecule has 154 valence electrons. The Labute approximate surface area is 171 Å². The summed E-state index contributed by atoms with van der Waals surface area (Å²) in [7, 11) is -3.34. The summed E-state index contributed by atoms with van der Waals surface area (Å²) in [6.45, 7) is 2.51. The highest BCUT2D eigenvalue weighted by molar-refractivity contribution is 7.92. The van der Waals surface area contributed by atoms with E-state index in [0.29, 0.717) is 24.3 Å². The van der Waals surface area contributed by atoms with Crippen molar-refractivity contribution in [3.8, 4) is 0 Å². The topological polar surface area (TPSA) is 90.5 Å². The average Bonchev–Trinajstić information content (AvgIpc) is 3.17. The Bertz CT molecular complexity index is 1020. The lowest BCUT2D eigenvalue weighted by Crippen LogP contribution is -2.39. The van der Waals surface area contributed by atoms with Crippen LogP contribution in [0.25, 0.3) is 0 Å². The van der Waals surface area contributed by atoms with Crippen LogP contribution in [0.3, 0.4) is 0 Å². The Morgan fingerprint density at radius 3 is 2.62 bits per heavy atom. The number of aryl methyl sites for hydroxylation is 2. The Balaban J connectivity index is 1.46.